The molecule has 0 fully saturated rings. The molecule has 1 aromatic carbocycles. The largest absolute Gasteiger partial charge is 0.493 e. The first-order chi connectivity index (χ1) is 7.13. The molecule has 0 spiro atoms. The predicted molar refractivity (Wildman–Crippen MR) is 64.0 cm³/mol. The standard InChI is InChI=1S/C13H21NO/c1-4-10(2)9-15-13-7-5-12(6-8-13)11(3)14/h5-8,10-11H,4,9,14H2,1-3H3. The summed E-state index contributed by atoms with van der Waals surface area (Å²) in [6, 6.07) is 8.11. The molecule has 2 N–H and O–H groups in total. The summed E-state index contributed by atoms with van der Waals surface area (Å²) in [6.07, 6.45) is 1.15. The minimum absolute atomic E-state index is 0.0913. The lowest BCUT2D eigenvalue weighted by Gasteiger charge is -2.12. The molecule has 0 aliphatic carbocycles. The highest BCUT2D eigenvalue weighted by Gasteiger charge is 2.02. The topological polar surface area (TPSA) is 35.2 Å². The number of ether oxygens (including phenoxy) is 1. The zero-order valence-corrected chi connectivity index (χ0v) is 9.86. The molecule has 1 aromatic rings. The van der Waals surface area contributed by atoms with E-state index in [9.17, 15) is 0 Å². The van der Waals surface area contributed by atoms with Crippen LogP contribution in [0.25, 0.3) is 0 Å². The van der Waals surface area contributed by atoms with Gasteiger partial charge in [0, 0.05) is 6.04 Å². The van der Waals surface area contributed by atoms with Crippen molar-refractivity contribution < 1.29 is 4.74 Å². The minimum Gasteiger partial charge on any atom is -0.493 e. The summed E-state index contributed by atoms with van der Waals surface area (Å²) in [7, 11) is 0. The first kappa shape index (κ1) is 12.1. The van der Waals surface area contributed by atoms with Crippen LogP contribution in [-0.2, 0) is 0 Å². The van der Waals surface area contributed by atoms with Crippen LogP contribution in [0.5, 0.6) is 5.75 Å². The Balaban J connectivity index is 2.50. The average molecular weight is 207 g/mol. The number of benzene rings is 1. The molecule has 15 heavy (non-hydrogen) atoms. The van der Waals surface area contributed by atoms with E-state index < -0.39 is 0 Å². The van der Waals surface area contributed by atoms with Crippen LogP contribution < -0.4 is 10.5 Å². The molecule has 0 aliphatic heterocycles. The molecule has 0 heterocycles. The zero-order chi connectivity index (χ0) is 11.3. The van der Waals surface area contributed by atoms with Crippen molar-refractivity contribution in [3.05, 3.63) is 29.8 Å². The van der Waals surface area contributed by atoms with Gasteiger partial charge in [-0.25, -0.2) is 0 Å². The van der Waals surface area contributed by atoms with Gasteiger partial charge in [-0.3, -0.25) is 0 Å². The third-order valence-corrected chi connectivity index (χ3v) is 2.64. The van der Waals surface area contributed by atoms with Crippen molar-refractivity contribution in [3.63, 3.8) is 0 Å². The van der Waals surface area contributed by atoms with E-state index in [0.29, 0.717) is 5.92 Å². The van der Waals surface area contributed by atoms with Crippen molar-refractivity contribution >= 4 is 0 Å². The van der Waals surface area contributed by atoms with E-state index >= 15 is 0 Å². The highest BCUT2D eigenvalue weighted by atomic mass is 16.5. The second-order valence-electron chi connectivity index (χ2n) is 4.18. The molecule has 1 rings (SSSR count). The fraction of sp³-hybridized carbons (Fsp3) is 0.538. The third kappa shape index (κ3) is 3.92. The molecule has 2 atom stereocenters. The van der Waals surface area contributed by atoms with E-state index in [1.54, 1.807) is 0 Å². The molecule has 0 aliphatic rings. The van der Waals surface area contributed by atoms with Gasteiger partial charge >= 0.3 is 0 Å². The SMILES string of the molecule is CCC(C)COc1ccc(C(C)N)cc1. The van der Waals surface area contributed by atoms with E-state index in [1.165, 1.54) is 0 Å². The van der Waals surface area contributed by atoms with Crippen molar-refractivity contribution in [3.8, 4) is 5.75 Å². The third-order valence-electron chi connectivity index (χ3n) is 2.64. The van der Waals surface area contributed by atoms with Crippen LogP contribution in [0.3, 0.4) is 0 Å². The van der Waals surface area contributed by atoms with Gasteiger partial charge < -0.3 is 10.5 Å². The molecular formula is C13H21NO. The minimum atomic E-state index is 0.0913. The number of rotatable bonds is 5. The van der Waals surface area contributed by atoms with E-state index in [1.807, 2.05) is 31.2 Å². The summed E-state index contributed by atoms with van der Waals surface area (Å²) in [5, 5.41) is 0. The van der Waals surface area contributed by atoms with Crippen LogP contribution in [0.1, 0.15) is 38.8 Å². The van der Waals surface area contributed by atoms with Gasteiger partial charge in [0.05, 0.1) is 6.61 Å². The van der Waals surface area contributed by atoms with Crippen molar-refractivity contribution in [1.82, 2.24) is 0 Å². The van der Waals surface area contributed by atoms with Crippen LogP contribution in [0.4, 0.5) is 0 Å². The van der Waals surface area contributed by atoms with E-state index in [0.717, 1.165) is 24.3 Å². The van der Waals surface area contributed by atoms with Crippen LogP contribution in [0.2, 0.25) is 0 Å². The molecular weight excluding hydrogens is 186 g/mol. The monoisotopic (exact) mass is 207 g/mol. The maximum atomic E-state index is 5.77. The van der Waals surface area contributed by atoms with E-state index in [2.05, 4.69) is 13.8 Å². The number of hydrogen-bond acceptors (Lipinski definition) is 2. The molecule has 0 saturated heterocycles. The summed E-state index contributed by atoms with van der Waals surface area (Å²) in [5.74, 6) is 1.54. The predicted octanol–water partition coefficient (Wildman–Crippen LogP) is 3.13. The second kappa shape index (κ2) is 5.76. The van der Waals surface area contributed by atoms with Gasteiger partial charge in [-0.1, -0.05) is 32.4 Å². The summed E-state index contributed by atoms with van der Waals surface area (Å²) >= 11 is 0. The second-order valence-corrected chi connectivity index (χ2v) is 4.18. The quantitative estimate of drug-likeness (QED) is 0.805. The normalized spacial score (nSPS) is 14.7. The lowest BCUT2D eigenvalue weighted by Crippen LogP contribution is -2.08. The van der Waals surface area contributed by atoms with Crippen LogP contribution >= 0.6 is 0 Å². The first-order valence-corrected chi connectivity index (χ1v) is 5.61. The Kier molecular flexibility index (Phi) is 4.63. The number of hydrogen-bond donors (Lipinski definition) is 1. The van der Waals surface area contributed by atoms with E-state index in [-0.39, 0.29) is 6.04 Å². The molecule has 2 nitrogen and oxygen atoms in total. The molecule has 0 saturated carbocycles. The summed E-state index contributed by atoms with van der Waals surface area (Å²) in [6.45, 7) is 7.13. The summed E-state index contributed by atoms with van der Waals surface area (Å²) in [4.78, 5) is 0. The Morgan fingerprint density at radius 1 is 1.20 bits per heavy atom. The molecule has 2 heteroatoms. The van der Waals surface area contributed by atoms with Crippen molar-refractivity contribution in [2.45, 2.75) is 33.2 Å². The molecule has 2 unspecified atom stereocenters. The Bertz CT molecular complexity index is 279. The van der Waals surface area contributed by atoms with Gasteiger partial charge in [0.1, 0.15) is 5.75 Å². The average Bonchev–Trinajstić information content (AvgIpc) is 2.26. The van der Waals surface area contributed by atoms with Crippen LogP contribution in [0.15, 0.2) is 24.3 Å². The number of nitrogens with two attached hydrogens (primary N) is 1. The Labute approximate surface area is 92.4 Å². The first-order valence-electron chi connectivity index (χ1n) is 5.61. The highest BCUT2D eigenvalue weighted by molar-refractivity contribution is 5.28. The van der Waals surface area contributed by atoms with Crippen LogP contribution in [-0.4, -0.2) is 6.61 Å². The Morgan fingerprint density at radius 3 is 2.27 bits per heavy atom. The van der Waals surface area contributed by atoms with Gasteiger partial charge in [0.15, 0.2) is 0 Å². The summed E-state index contributed by atoms with van der Waals surface area (Å²) in [5.41, 5.74) is 6.91. The molecule has 0 bridgehead atoms. The fourth-order valence-electron chi connectivity index (χ4n) is 1.22. The van der Waals surface area contributed by atoms with Gasteiger partial charge in [-0.2, -0.15) is 0 Å². The lowest BCUT2D eigenvalue weighted by molar-refractivity contribution is 0.256. The van der Waals surface area contributed by atoms with Gasteiger partial charge in [0.25, 0.3) is 0 Å². The van der Waals surface area contributed by atoms with Crippen LogP contribution in [0, 0.1) is 5.92 Å². The van der Waals surface area contributed by atoms with Crippen molar-refractivity contribution in [1.29, 1.82) is 0 Å². The molecule has 0 aromatic heterocycles. The maximum Gasteiger partial charge on any atom is 0.119 e. The summed E-state index contributed by atoms with van der Waals surface area (Å²) < 4.78 is 5.65. The lowest BCUT2D eigenvalue weighted by atomic mass is 10.1. The highest BCUT2D eigenvalue weighted by Crippen LogP contribution is 2.16. The van der Waals surface area contributed by atoms with E-state index in [4.69, 9.17) is 10.5 Å². The fourth-order valence-corrected chi connectivity index (χ4v) is 1.22. The van der Waals surface area contributed by atoms with Crippen molar-refractivity contribution in [2.24, 2.45) is 11.7 Å². The van der Waals surface area contributed by atoms with Gasteiger partial charge in [-0.15, -0.1) is 0 Å². The zero-order valence-electron chi connectivity index (χ0n) is 9.86. The smallest absolute Gasteiger partial charge is 0.119 e. The van der Waals surface area contributed by atoms with Gasteiger partial charge in [0.2, 0.25) is 0 Å². The van der Waals surface area contributed by atoms with Gasteiger partial charge in [-0.05, 0) is 30.5 Å². The molecule has 84 valence electrons. The maximum absolute atomic E-state index is 5.77. The molecule has 0 radical (unpaired) electrons. The Hall–Kier alpha value is -1.02. The Morgan fingerprint density at radius 2 is 1.80 bits per heavy atom. The van der Waals surface area contributed by atoms with Crippen molar-refractivity contribution in [2.75, 3.05) is 6.61 Å². The molecule has 0 amide bonds.